The Balaban J connectivity index is 1.40. The quantitative estimate of drug-likeness (QED) is 0.249. The van der Waals surface area contributed by atoms with Crippen molar-refractivity contribution in [1.29, 1.82) is 0 Å². The number of rotatable bonds is 8. The molecule has 2 aromatic rings. The number of carbonyl (C=O) groups excluding carboxylic acids is 3. The van der Waals surface area contributed by atoms with E-state index in [1.165, 1.54) is 7.11 Å². The smallest absolute Gasteiger partial charge is 0.294 e. The van der Waals surface area contributed by atoms with Crippen LogP contribution >= 0.6 is 34.4 Å². The van der Waals surface area contributed by atoms with Crippen LogP contribution in [0.1, 0.15) is 5.56 Å². The molecule has 36 heavy (non-hydrogen) atoms. The minimum Gasteiger partial charge on any atom is -0.493 e. The molecule has 2 aliphatic heterocycles. The van der Waals surface area contributed by atoms with E-state index in [-0.39, 0.29) is 17.4 Å². The summed E-state index contributed by atoms with van der Waals surface area (Å²) in [6.45, 7) is 6.20. The van der Waals surface area contributed by atoms with E-state index in [0.717, 1.165) is 25.9 Å². The first kappa shape index (κ1) is 26.1. The average molecular weight is 619 g/mol. The lowest BCUT2D eigenvalue weighted by Crippen LogP contribution is -2.51. The van der Waals surface area contributed by atoms with Gasteiger partial charge in [-0.3, -0.25) is 19.3 Å². The Morgan fingerprint density at radius 3 is 2.53 bits per heavy atom. The first-order chi connectivity index (χ1) is 17.4. The molecule has 3 amide bonds. The molecule has 2 fully saturated rings. The van der Waals surface area contributed by atoms with Gasteiger partial charge in [-0.05, 0) is 70.3 Å². The van der Waals surface area contributed by atoms with Gasteiger partial charge in [-0.2, -0.15) is 0 Å². The topological polar surface area (TPSA) is 79.4 Å². The Bertz CT molecular complexity index is 1200. The Hall–Kier alpha value is -2.99. The molecule has 2 saturated heterocycles. The molecule has 0 spiro atoms. The number of benzene rings is 2. The summed E-state index contributed by atoms with van der Waals surface area (Å²) in [6, 6.07) is 13.6. The fourth-order valence-electron chi connectivity index (χ4n) is 3.98. The van der Waals surface area contributed by atoms with Crippen LogP contribution in [0.5, 0.6) is 11.5 Å². The number of para-hydroxylation sites is 1. The van der Waals surface area contributed by atoms with Crippen molar-refractivity contribution >= 4 is 63.2 Å². The van der Waals surface area contributed by atoms with Gasteiger partial charge in [0.2, 0.25) is 5.91 Å². The summed E-state index contributed by atoms with van der Waals surface area (Å²) in [7, 11) is 1.54. The van der Waals surface area contributed by atoms with Crippen LogP contribution in [-0.4, -0.2) is 73.3 Å². The Labute approximate surface area is 228 Å². The third kappa shape index (κ3) is 5.86. The standard InChI is InChI=1S/C26H26IN3O5S/c1-3-13-35-24-20(27)14-18(15-21(24)34-2)16-22-25(32)30(26(33)36-22)17-23(31)29-11-9-28(10-12-29)19-7-5-4-6-8-19/h3-8,14-16H,1,9-13,17H2,2H3/b22-16-. The van der Waals surface area contributed by atoms with E-state index in [9.17, 15) is 14.4 Å². The van der Waals surface area contributed by atoms with Crippen LogP contribution in [-0.2, 0) is 9.59 Å². The van der Waals surface area contributed by atoms with Gasteiger partial charge in [-0.1, -0.05) is 30.9 Å². The molecule has 0 radical (unpaired) electrons. The Morgan fingerprint density at radius 1 is 1.14 bits per heavy atom. The summed E-state index contributed by atoms with van der Waals surface area (Å²) < 4.78 is 11.9. The molecule has 0 atom stereocenters. The number of thioether (sulfide) groups is 1. The van der Waals surface area contributed by atoms with Crippen molar-refractivity contribution in [3.8, 4) is 11.5 Å². The first-order valence-corrected chi connectivity index (χ1v) is 13.2. The third-order valence-electron chi connectivity index (χ3n) is 5.82. The average Bonchev–Trinajstić information content (AvgIpc) is 3.15. The second-order valence-corrected chi connectivity index (χ2v) is 10.3. The highest BCUT2D eigenvalue weighted by Gasteiger charge is 2.37. The van der Waals surface area contributed by atoms with Crippen LogP contribution in [0.4, 0.5) is 10.5 Å². The molecule has 0 N–H and O–H groups in total. The lowest BCUT2D eigenvalue weighted by Gasteiger charge is -2.36. The maximum absolute atomic E-state index is 13.0. The molecule has 0 aromatic heterocycles. The minimum absolute atomic E-state index is 0.230. The largest absolute Gasteiger partial charge is 0.493 e. The number of hydrogen-bond donors (Lipinski definition) is 0. The Kier molecular flexibility index (Phi) is 8.57. The maximum atomic E-state index is 13.0. The molecule has 2 aliphatic rings. The number of carbonyl (C=O) groups is 3. The van der Waals surface area contributed by atoms with Gasteiger partial charge in [0, 0.05) is 31.9 Å². The summed E-state index contributed by atoms with van der Waals surface area (Å²) in [6.07, 6.45) is 3.28. The monoisotopic (exact) mass is 619 g/mol. The predicted molar refractivity (Wildman–Crippen MR) is 149 cm³/mol. The van der Waals surface area contributed by atoms with E-state index >= 15 is 0 Å². The predicted octanol–water partition coefficient (Wildman–Crippen LogP) is 4.25. The molecule has 8 nitrogen and oxygen atoms in total. The lowest BCUT2D eigenvalue weighted by atomic mass is 10.2. The fourth-order valence-corrected chi connectivity index (χ4v) is 5.60. The van der Waals surface area contributed by atoms with Crippen LogP contribution < -0.4 is 14.4 Å². The number of imide groups is 1. The second kappa shape index (κ2) is 11.8. The molecule has 188 valence electrons. The molecule has 0 bridgehead atoms. The SMILES string of the molecule is C=CCOc1c(I)cc(/C=C2\SC(=O)N(CC(=O)N3CCN(c4ccccc4)CC3)C2=O)cc1OC. The normalized spacial score (nSPS) is 17.1. The minimum atomic E-state index is -0.470. The van der Waals surface area contributed by atoms with Crippen molar-refractivity contribution in [2.24, 2.45) is 0 Å². The fraction of sp³-hybridized carbons (Fsp3) is 0.269. The number of halogens is 1. The summed E-state index contributed by atoms with van der Waals surface area (Å²) in [5.41, 5.74) is 1.81. The zero-order valence-corrected chi connectivity index (χ0v) is 22.8. The van der Waals surface area contributed by atoms with Gasteiger partial charge in [-0.15, -0.1) is 0 Å². The van der Waals surface area contributed by atoms with Crippen LogP contribution in [0, 0.1) is 3.57 Å². The summed E-state index contributed by atoms with van der Waals surface area (Å²) in [4.78, 5) is 43.7. The number of nitrogens with zero attached hydrogens (tertiary/aromatic N) is 3. The molecule has 10 heteroatoms. The van der Waals surface area contributed by atoms with Gasteiger partial charge in [0.05, 0.1) is 15.6 Å². The molecule has 2 heterocycles. The Morgan fingerprint density at radius 2 is 1.86 bits per heavy atom. The molecule has 0 unspecified atom stereocenters. The van der Waals surface area contributed by atoms with Gasteiger partial charge >= 0.3 is 0 Å². The molecule has 2 aromatic carbocycles. The van der Waals surface area contributed by atoms with E-state index in [1.807, 2.05) is 36.4 Å². The summed E-state index contributed by atoms with van der Waals surface area (Å²) in [5.74, 6) is 0.397. The first-order valence-electron chi connectivity index (χ1n) is 11.4. The van der Waals surface area contributed by atoms with Crippen LogP contribution in [0.3, 0.4) is 0 Å². The van der Waals surface area contributed by atoms with E-state index in [1.54, 1.807) is 23.1 Å². The van der Waals surface area contributed by atoms with Gasteiger partial charge < -0.3 is 19.3 Å². The van der Waals surface area contributed by atoms with Crippen LogP contribution in [0.15, 0.2) is 60.0 Å². The van der Waals surface area contributed by atoms with Gasteiger partial charge in [0.25, 0.3) is 11.1 Å². The van der Waals surface area contributed by atoms with E-state index in [4.69, 9.17) is 9.47 Å². The van der Waals surface area contributed by atoms with Crippen molar-refractivity contribution in [1.82, 2.24) is 9.80 Å². The molecule has 4 rings (SSSR count). The highest BCUT2D eigenvalue weighted by molar-refractivity contribution is 14.1. The zero-order chi connectivity index (χ0) is 25.7. The third-order valence-corrected chi connectivity index (χ3v) is 7.52. The number of anilines is 1. The summed E-state index contributed by atoms with van der Waals surface area (Å²) in [5, 5.41) is -0.449. The number of methoxy groups -OCH3 is 1. The van der Waals surface area contributed by atoms with Crippen LogP contribution in [0.25, 0.3) is 6.08 Å². The number of piperazine rings is 1. The van der Waals surface area contributed by atoms with Crippen molar-refractivity contribution in [3.63, 3.8) is 0 Å². The number of hydrogen-bond acceptors (Lipinski definition) is 7. The van der Waals surface area contributed by atoms with Crippen molar-refractivity contribution in [2.75, 3.05) is 51.3 Å². The van der Waals surface area contributed by atoms with Gasteiger partial charge in [0.15, 0.2) is 11.5 Å². The zero-order valence-electron chi connectivity index (χ0n) is 19.8. The van der Waals surface area contributed by atoms with Crippen molar-refractivity contribution in [2.45, 2.75) is 0 Å². The molecular weight excluding hydrogens is 593 g/mol. The second-order valence-electron chi connectivity index (χ2n) is 8.11. The molecular formula is C26H26IN3O5S. The lowest BCUT2D eigenvalue weighted by molar-refractivity contribution is -0.136. The van der Waals surface area contributed by atoms with E-state index in [0.29, 0.717) is 49.8 Å². The highest BCUT2D eigenvalue weighted by atomic mass is 127. The van der Waals surface area contributed by atoms with E-state index < -0.39 is 11.1 Å². The van der Waals surface area contributed by atoms with Crippen molar-refractivity contribution in [3.05, 3.63) is 69.2 Å². The molecule has 0 aliphatic carbocycles. The summed E-state index contributed by atoms with van der Waals surface area (Å²) >= 11 is 2.96. The number of ether oxygens (including phenoxy) is 2. The maximum Gasteiger partial charge on any atom is 0.294 e. The van der Waals surface area contributed by atoms with Gasteiger partial charge in [-0.25, -0.2) is 0 Å². The van der Waals surface area contributed by atoms with Crippen molar-refractivity contribution < 1.29 is 23.9 Å². The number of amides is 3. The van der Waals surface area contributed by atoms with E-state index in [2.05, 4.69) is 34.1 Å². The molecule has 0 saturated carbocycles. The van der Waals surface area contributed by atoms with Crippen LogP contribution in [0.2, 0.25) is 0 Å². The highest BCUT2D eigenvalue weighted by Crippen LogP contribution is 2.37. The van der Waals surface area contributed by atoms with Gasteiger partial charge in [0.1, 0.15) is 13.2 Å².